The molecule has 1 aromatic rings. The van der Waals surface area contributed by atoms with Crippen LogP contribution in [0.3, 0.4) is 0 Å². The molecule has 0 bridgehead atoms. The smallest absolute Gasteiger partial charge is 0.256 e. The van der Waals surface area contributed by atoms with E-state index in [0.717, 1.165) is 12.8 Å². The zero-order chi connectivity index (χ0) is 9.47. The van der Waals surface area contributed by atoms with Crippen LogP contribution < -0.4 is 5.73 Å². The Kier molecular flexibility index (Phi) is 1.85. The first-order valence-corrected chi connectivity index (χ1v) is 4.38. The number of aliphatic hydroxyl groups excluding tert-OH is 1. The van der Waals surface area contributed by atoms with Crippen LogP contribution in [0, 0.1) is 0 Å². The van der Waals surface area contributed by atoms with Gasteiger partial charge in [0.1, 0.15) is 6.10 Å². The van der Waals surface area contributed by atoms with Crippen LogP contribution in [0.15, 0.2) is 4.52 Å². The molecule has 0 aliphatic heterocycles. The van der Waals surface area contributed by atoms with E-state index >= 15 is 0 Å². The molecule has 0 saturated heterocycles. The third-order valence-corrected chi connectivity index (χ3v) is 2.49. The minimum atomic E-state index is -0.830. The standard InChI is InChI=1S/C8H13N3O2/c1-8(2-3-8)7-10-6(13-11-7)5(12)4-9/h5,12H,2-4,9H2,1H3. The van der Waals surface area contributed by atoms with Gasteiger partial charge in [-0.1, -0.05) is 12.1 Å². The lowest BCUT2D eigenvalue weighted by Gasteiger charge is -1.99. The lowest BCUT2D eigenvalue weighted by atomic mass is 10.1. The molecule has 5 nitrogen and oxygen atoms in total. The van der Waals surface area contributed by atoms with Crippen LogP contribution in [0.25, 0.3) is 0 Å². The Balaban J connectivity index is 2.18. The fourth-order valence-corrected chi connectivity index (χ4v) is 1.13. The molecule has 1 fully saturated rings. The first kappa shape index (κ1) is 8.65. The highest BCUT2D eigenvalue weighted by molar-refractivity contribution is 5.14. The molecule has 72 valence electrons. The van der Waals surface area contributed by atoms with Crippen LogP contribution in [0.2, 0.25) is 0 Å². The van der Waals surface area contributed by atoms with Gasteiger partial charge in [0.2, 0.25) is 0 Å². The van der Waals surface area contributed by atoms with Gasteiger partial charge in [0.25, 0.3) is 5.89 Å². The van der Waals surface area contributed by atoms with Crippen molar-refractivity contribution in [2.75, 3.05) is 6.54 Å². The zero-order valence-electron chi connectivity index (χ0n) is 7.53. The first-order valence-electron chi connectivity index (χ1n) is 4.38. The highest BCUT2D eigenvalue weighted by atomic mass is 16.5. The molecule has 0 radical (unpaired) electrons. The zero-order valence-corrected chi connectivity index (χ0v) is 7.53. The van der Waals surface area contributed by atoms with Crippen molar-refractivity contribution >= 4 is 0 Å². The molecule has 1 aliphatic carbocycles. The summed E-state index contributed by atoms with van der Waals surface area (Å²) in [6.45, 7) is 2.19. The van der Waals surface area contributed by atoms with Gasteiger partial charge in [0, 0.05) is 12.0 Å². The molecule has 0 amide bonds. The molecular weight excluding hydrogens is 170 g/mol. The summed E-state index contributed by atoms with van der Waals surface area (Å²) in [6.07, 6.45) is 1.35. The van der Waals surface area contributed by atoms with Crippen molar-refractivity contribution in [2.24, 2.45) is 5.73 Å². The summed E-state index contributed by atoms with van der Waals surface area (Å²) < 4.78 is 4.89. The summed E-state index contributed by atoms with van der Waals surface area (Å²) in [5.74, 6) is 0.917. The molecule has 1 aliphatic rings. The van der Waals surface area contributed by atoms with Crippen molar-refractivity contribution in [1.29, 1.82) is 0 Å². The highest BCUT2D eigenvalue weighted by Gasteiger charge is 2.43. The second-order valence-electron chi connectivity index (χ2n) is 3.77. The first-order chi connectivity index (χ1) is 6.15. The molecule has 1 atom stereocenters. The van der Waals surface area contributed by atoms with E-state index in [1.807, 2.05) is 0 Å². The van der Waals surface area contributed by atoms with E-state index in [9.17, 15) is 5.11 Å². The number of aliphatic hydroxyl groups is 1. The van der Waals surface area contributed by atoms with Crippen molar-refractivity contribution in [3.63, 3.8) is 0 Å². The van der Waals surface area contributed by atoms with Gasteiger partial charge in [-0.05, 0) is 12.8 Å². The van der Waals surface area contributed by atoms with Crippen LogP contribution in [-0.2, 0) is 5.41 Å². The van der Waals surface area contributed by atoms with Gasteiger partial charge in [-0.3, -0.25) is 0 Å². The molecule has 1 saturated carbocycles. The molecule has 3 N–H and O–H groups in total. The van der Waals surface area contributed by atoms with E-state index in [1.54, 1.807) is 0 Å². The fourth-order valence-electron chi connectivity index (χ4n) is 1.13. The summed E-state index contributed by atoms with van der Waals surface area (Å²) in [7, 11) is 0. The molecule has 1 aromatic heterocycles. The quantitative estimate of drug-likeness (QED) is 0.694. The Labute approximate surface area is 75.9 Å². The average Bonchev–Trinajstić information content (AvgIpc) is 2.72. The topological polar surface area (TPSA) is 85.2 Å². The maximum absolute atomic E-state index is 9.31. The summed E-state index contributed by atoms with van der Waals surface area (Å²) in [6, 6.07) is 0. The maximum atomic E-state index is 9.31. The Bertz CT molecular complexity index is 306. The van der Waals surface area contributed by atoms with Crippen molar-refractivity contribution in [3.8, 4) is 0 Å². The molecule has 0 aromatic carbocycles. The molecule has 1 unspecified atom stereocenters. The third-order valence-electron chi connectivity index (χ3n) is 2.49. The van der Waals surface area contributed by atoms with Crippen molar-refractivity contribution in [3.05, 3.63) is 11.7 Å². The van der Waals surface area contributed by atoms with Crippen LogP contribution >= 0.6 is 0 Å². The van der Waals surface area contributed by atoms with Gasteiger partial charge in [-0.25, -0.2) is 0 Å². The van der Waals surface area contributed by atoms with Crippen LogP contribution in [0.1, 0.15) is 37.6 Å². The Morgan fingerprint density at radius 2 is 2.38 bits per heavy atom. The van der Waals surface area contributed by atoms with E-state index < -0.39 is 6.10 Å². The van der Waals surface area contributed by atoms with E-state index in [4.69, 9.17) is 10.3 Å². The van der Waals surface area contributed by atoms with E-state index in [-0.39, 0.29) is 17.9 Å². The predicted octanol–water partition coefficient (Wildman–Crippen LogP) is 0.113. The number of aromatic nitrogens is 2. The number of rotatable bonds is 3. The van der Waals surface area contributed by atoms with Gasteiger partial charge < -0.3 is 15.4 Å². The average molecular weight is 183 g/mol. The Morgan fingerprint density at radius 1 is 1.69 bits per heavy atom. The van der Waals surface area contributed by atoms with Crippen molar-refractivity contribution in [1.82, 2.24) is 10.1 Å². The minimum absolute atomic E-state index is 0.0794. The van der Waals surface area contributed by atoms with Crippen molar-refractivity contribution < 1.29 is 9.63 Å². The SMILES string of the molecule is CC1(c2noc(C(O)CN)n2)CC1. The summed E-state index contributed by atoms with van der Waals surface area (Å²) in [5, 5.41) is 13.1. The number of nitrogens with two attached hydrogens (primary N) is 1. The lowest BCUT2D eigenvalue weighted by molar-refractivity contribution is 0.141. The van der Waals surface area contributed by atoms with Gasteiger partial charge in [-0.15, -0.1) is 0 Å². The van der Waals surface area contributed by atoms with Crippen LogP contribution in [-0.4, -0.2) is 21.8 Å². The van der Waals surface area contributed by atoms with E-state index in [1.165, 1.54) is 0 Å². The van der Waals surface area contributed by atoms with Crippen LogP contribution in [0.5, 0.6) is 0 Å². The van der Waals surface area contributed by atoms with Crippen molar-refractivity contribution in [2.45, 2.75) is 31.3 Å². The summed E-state index contributed by atoms with van der Waals surface area (Å²) in [4.78, 5) is 4.11. The van der Waals surface area contributed by atoms with Gasteiger partial charge in [-0.2, -0.15) is 4.98 Å². The molecule has 13 heavy (non-hydrogen) atoms. The number of hydrogen-bond acceptors (Lipinski definition) is 5. The molecule has 5 heteroatoms. The number of nitrogens with zero attached hydrogens (tertiary/aromatic N) is 2. The molecular formula is C8H13N3O2. The summed E-state index contributed by atoms with van der Waals surface area (Å²) >= 11 is 0. The normalized spacial score (nSPS) is 21.5. The Hall–Kier alpha value is -0.940. The third kappa shape index (κ3) is 1.45. The lowest BCUT2D eigenvalue weighted by Crippen LogP contribution is -2.12. The van der Waals surface area contributed by atoms with Gasteiger partial charge in [0.15, 0.2) is 5.82 Å². The Morgan fingerprint density at radius 3 is 2.92 bits per heavy atom. The number of hydrogen-bond donors (Lipinski definition) is 2. The maximum Gasteiger partial charge on any atom is 0.256 e. The molecule has 2 rings (SSSR count). The van der Waals surface area contributed by atoms with Gasteiger partial charge in [0.05, 0.1) is 0 Å². The molecule has 1 heterocycles. The van der Waals surface area contributed by atoms with Crippen LogP contribution in [0.4, 0.5) is 0 Å². The van der Waals surface area contributed by atoms with Gasteiger partial charge >= 0.3 is 0 Å². The fraction of sp³-hybridized carbons (Fsp3) is 0.750. The van der Waals surface area contributed by atoms with E-state index in [0.29, 0.717) is 5.82 Å². The largest absolute Gasteiger partial charge is 0.382 e. The minimum Gasteiger partial charge on any atom is -0.382 e. The predicted molar refractivity (Wildman–Crippen MR) is 44.9 cm³/mol. The highest BCUT2D eigenvalue weighted by Crippen LogP contribution is 2.46. The molecule has 0 spiro atoms. The van der Waals surface area contributed by atoms with E-state index in [2.05, 4.69) is 17.1 Å². The summed E-state index contributed by atoms with van der Waals surface area (Å²) in [5.41, 5.74) is 5.34. The second kappa shape index (κ2) is 2.78. The second-order valence-corrected chi connectivity index (χ2v) is 3.77. The monoisotopic (exact) mass is 183 g/mol.